The summed E-state index contributed by atoms with van der Waals surface area (Å²) in [6.45, 7) is 1.92. The van der Waals surface area contributed by atoms with Crippen LogP contribution < -0.4 is 10.6 Å². The third-order valence-corrected chi connectivity index (χ3v) is 2.41. The minimum atomic E-state index is 0.198. The Morgan fingerprint density at radius 2 is 2.60 bits per heavy atom. The van der Waals surface area contributed by atoms with Crippen LogP contribution in [0, 0.1) is 5.92 Å². The number of nitrogens with one attached hydrogen (secondary N) is 1. The minimum Gasteiger partial charge on any atom is -0.370 e. The summed E-state index contributed by atoms with van der Waals surface area (Å²) in [6.07, 6.45) is 1.14. The molecular weight excluding hydrogens is 164 g/mol. The highest BCUT2D eigenvalue weighted by molar-refractivity contribution is 7.81. The van der Waals surface area contributed by atoms with Crippen LogP contribution >= 0.6 is 24.8 Å². The van der Waals surface area contributed by atoms with Crippen LogP contribution in [-0.2, 0) is 0 Å². The molecule has 0 aromatic rings. The summed E-state index contributed by atoms with van der Waals surface area (Å²) >= 11 is 8.98. The number of hydrogen-bond acceptors (Lipinski definition) is 2. The summed E-state index contributed by atoms with van der Waals surface area (Å²) in [4.78, 5) is 0. The Labute approximate surface area is 72.2 Å². The molecule has 1 N–H and O–H groups in total. The molecule has 1 heterocycles. The van der Waals surface area contributed by atoms with Crippen molar-refractivity contribution in [1.29, 1.82) is 0 Å². The van der Waals surface area contributed by atoms with Gasteiger partial charge in [0.2, 0.25) is 0 Å². The first-order chi connectivity index (χ1) is 4.84. The minimum absolute atomic E-state index is 0.198. The van der Waals surface area contributed by atoms with Crippen LogP contribution in [0.25, 0.3) is 0 Å². The van der Waals surface area contributed by atoms with Crippen LogP contribution in [0.2, 0.25) is 0 Å². The Morgan fingerprint density at radius 3 is 3.10 bits per heavy atom. The highest BCUT2D eigenvalue weighted by atomic mass is 32.1. The van der Waals surface area contributed by atoms with E-state index in [1.165, 1.54) is 5.49 Å². The van der Waals surface area contributed by atoms with Gasteiger partial charge in [-0.3, -0.25) is 0 Å². The Balaban J connectivity index is 2.24. The summed E-state index contributed by atoms with van der Waals surface area (Å²) in [7, 11) is 0. The lowest BCUT2D eigenvalue weighted by molar-refractivity contribution is 0.537. The van der Waals surface area contributed by atoms with Crippen molar-refractivity contribution in [3.8, 4) is 0 Å². The lowest BCUT2D eigenvalue weighted by Crippen LogP contribution is -2.30. The zero-order chi connectivity index (χ0) is 7.40. The van der Waals surface area contributed by atoms with Gasteiger partial charge in [-0.1, -0.05) is 12.2 Å². The normalized spacial score (nSPS) is 27.9. The molecule has 2 unspecified atom stereocenters. The maximum Gasteiger partial charge on any atom is 0.0736 e. The van der Waals surface area contributed by atoms with Gasteiger partial charge in [0.1, 0.15) is 0 Å². The van der Waals surface area contributed by atoms with Crippen LogP contribution in [0.5, 0.6) is 0 Å². The molecule has 4 heteroatoms. The lowest BCUT2D eigenvalue weighted by atomic mass is 10.1. The first-order valence-corrected chi connectivity index (χ1v) is 4.34. The molecule has 10 heavy (non-hydrogen) atoms. The first kappa shape index (κ1) is 8.30. The van der Waals surface area contributed by atoms with Crippen LogP contribution in [0.15, 0.2) is 0 Å². The van der Waals surface area contributed by atoms with E-state index in [1.807, 2.05) is 0 Å². The van der Waals surface area contributed by atoms with E-state index in [2.05, 4.69) is 35.5 Å². The van der Waals surface area contributed by atoms with Gasteiger partial charge in [0.25, 0.3) is 0 Å². The molecule has 0 aromatic carbocycles. The fourth-order valence-corrected chi connectivity index (χ4v) is 1.63. The van der Waals surface area contributed by atoms with Crippen LogP contribution in [-0.4, -0.2) is 24.0 Å². The fourth-order valence-electron chi connectivity index (χ4n) is 1.07. The second-order valence-corrected chi connectivity index (χ2v) is 3.20. The van der Waals surface area contributed by atoms with Crippen molar-refractivity contribution in [3.63, 3.8) is 0 Å². The molecule has 0 spiro atoms. The number of thiocarbonyl (C=S) groups is 1. The van der Waals surface area contributed by atoms with Gasteiger partial charge in [-0.05, 0) is 6.42 Å². The predicted molar refractivity (Wildman–Crippen MR) is 49.5 cm³/mol. The van der Waals surface area contributed by atoms with Crippen molar-refractivity contribution >= 4 is 30.3 Å². The molecule has 2 nitrogen and oxygen atoms in total. The smallest absolute Gasteiger partial charge is 0.0736 e. The second-order valence-electron chi connectivity index (χ2n) is 2.41. The third kappa shape index (κ3) is 2.11. The first-order valence-electron chi connectivity index (χ1n) is 3.35. The Morgan fingerprint density at radius 1 is 1.80 bits per heavy atom. The average Bonchev–Trinajstić information content (AvgIpc) is 2.38. The number of rotatable bonds is 3. The summed E-state index contributed by atoms with van der Waals surface area (Å²) in [5, 5.41) is 7.41. The van der Waals surface area contributed by atoms with Crippen LogP contribution in [0.4, 0.5) is 0 Å². The van der Waals surface area contributed by atoms with Gasteiger partial charge < -0.3 is 5.32 Å². The molecule has 1 radical (unpaired) electrons. The second kappa shape index (κ2) is 4.16. The van der Waals surface area contributed by atoms with Gasteiger partial charge in [-0.2, -0.15) is 12.6 Å². The van der Waals surface area contributed by atoms with E-state index >= 15 is 0 Å². The topological polar surface area (TPSA) is 26.1 Å². The molecular formula is C6H11N2S2. The Hall–Kier alpha value is 0.200. The summed E-state index contributed by atoms with van der Waals surface area (Å²) < 4.78 is 0. The highest BCUT2D eigenvalue weighted by Gasteiger charge is 2.21. The van der Waals surface area contributed by atoms with Crippen LogP contribution in [0.1, 0.15) is 6.42 Å². The Kier molecular flexibility index (Phi) is 3.45. The predicted octanol–water partition coefficient (Wildman–Crippen LogP) is 0.413. The molecule has 0 aliphatic carbocycles. The molecule has 0 bridgehead atoms. The largest absolute Gasteiger partial charge is 0.370 e. The maximum atomic E-state index is 4.65. The van der Waals surface area contributed by atoms with Gasteiger partial charge in [-0.25, -0.2) is 5.32 Å². The molecule has 1 saturated heterocycles. The number of thiol groups is 1. The molecule has 1 aliphatic heterocycles. The van der Waals surface area contributed by atoms with Crippen molar-refractivity contribution in [3.05, 3.63) is 0 Å². The van der Waals surface area contributed by atoms with Crippen molar-refractivity contribution in [2.24, 2.45) is 5.92 Å². The average molecular weight is 175 g/mol. The van der Waals surface area contributed by atoms with Gasteiger partial charge >= 0.3 is 0 Å². The molecule has 0 amide bonds. The molecule has 57 valence electrons. The molecule has 1 rings (SSSR count). The summed E-state index contributed by atoms with van der Waals surface area (Å²) in [5.41, 5.74) is 1.52. The van der Waals surface area contributed by atoms with Gasteiger partial charge in [0, 0.05) is 19.0 Å². The quantitative estimate of drug-likeness (QED) is 0.369. The number of nitrogens with zero attached hydrogens (tertiary/aromatic N) is 1. The molecule has 0 aromatic heterocycles. The monoisotopic (exact) mass is 175 g/mol. The van der Waals surface area contributed by atoms with E-state index in [-0.39, 0.29) is 5.37 Å². The SMILES string of the molecule is S=CNC(S)C1CC[N]C1. The standard InChI is InChI=1S/C6H11N2S2/c9-4-8-6(10)5-1-2-7-3-5/h4-6,10H,1-3H2,(H,8,9). The molecule has 1 fully saturated rings. The number of hydrogen-bond donors (Lipinski definition) is 2. The van der Waals surface area contributed by atoms with E-state index in [9.17, 15) is 0 Å². The van der Waals surface area contributed by atoms with Crippen LogP contribution in [0.3, 0.4) is 0 Å². The van der Waals surface area contributed by atoms with Gasteiger partial charge in [0.05, 0.1) is 10.9 Å². The fraction of sp³-hybridized carbons (Fsp3) is 0.833. The van der Waals surface area contributed by atoms with E-state index in [1.54, 1.807) is 0 Å². The zero-order valence-corrected chi connectivity index (χ0v) is 7.37. The third-order valence-electron chi connectivity index (χ3n) is 1.71. The van der Waals surface area contributed by atoms with E-state index < -0.39 is 0 Å². The van der Waals surface area contributed by atoms with Crippen molar-refractivity contribution in [2.45, 2.75) is 11.8 Å². The highest BCUT2D eigenvalue weighted by Crippen LogP contribution is 2.15. The Bertz CT molecular complexity index is 112. The zero-order valence-electron chi connectivity index (χ0n) is 5.66. The molecule has 0 saturated carbocycles. The summed E-state index contributed by atoms with van der Waals surface area (Å²) in [6, 6.07) is 0. The lowest BCUT2D eigenvalue weighted by Gasteiger charge is -2.15. The van der Waals surface area contributed by atoms with Crippen molar-refractivity contribution < 1.29 is 0 Å². The van der Waals surface area contributed by atoms with E-state index in [0.717, 1.165) is 19.5 Å². The summed E-state index contributed by atoms with van der Waals surface area (Å²) in [5.74, 6) is 0.572. The van der Waals surface area contributed by atoms with Gasteiger partial charge in [-0.15, -0.1) is 0 Å². The van der Waals surface area contributed by atoms with E-state index in [0.29, 0.717) is 5.92 Å². The van der Waals surface area contributed by atoms with E-state index in [4.69, 9.17) is 0 Å². The molecule has 2 atom stereocenters. The van der Waals surface area contributed by atoms with Crippen molar-refractivity contribution in [1.82, 2.24) is 10.6 Å². The molecule has 1 aliphatic rings. The van der Waals surface area contributed by atoms with Gasteiger partial charge in [0.15, 0.2) is 0 Å². The maximum absolute atomic E-state index is 4.65. The van der Waals surface area contributed by atoms with Crippen molar-refractivity contribution in [2.75, 3.05) is 13.1 Å².